The Balaban J connectivity index is 1.42. The van der Waals surface area contributed by atoms with Gasteiger partial charge in [0.1, 0.15) is 16.8 Å². The van der Waals surface area contributed by atoms with Crippen molar-refractivity contribution < 1.29 is 23.5 Å². The van der Waals surface area contributed by atoms with Crippen molar-refractivity contribution in [1.29, 1.82) is 0 Å². The van der Waals surface area contributed by atoms with Crippen LogP contribution in [0.15, 0.2) is 61.1 Å². The van der Waals surface area contributed by atoms with Crippen LogP contribution in [-0.4, -0.2) is 75.8 Å². The molecule has 0 radical (unpaired) electrons. The molecule has 12 nitrogen and oxygen atoms in total. The largest absolute Gasteiger partial charge is 0.467 e. The first-order valence-corrected chi connectivity index (χ1v) is 12.6. The quantitative estimate of drug-likeness (QED) is 0.291. The highest BCUT2D eigenvalue weighted by molar-refractivity contribution is 6.36. The molecule has 1 aliphatic heterocycles. The molecule has 14 heteroatoms. The average Bonchev–Trinajstić information content (AvgIpc) is 3.52. The molecule has 2 N–H and O–H groups in total. The maximum atomic E-state index is 13.9. The van der Waals surface area contributed by atoms with Crippen molar-refractivity contribution in [3.8, 4) is 23.0 Å². The number of rotatable bonds is 9. The number of amides is 2. The second-order valence-electron chi connectivity index (χ2n) is 8.74. The number of hydroxylamine groups is 2. The predicted octanol–water partition coefficient (Wildman–Crippen LogP) is 3.65. The number of carbonyl (C=O) groups excluding carboxylic acids is 1. The van der Waals surface area contributed by atoms with E-state index in [-0.39, 0.29) is 16.9 Å². The molecule has 4 aromatic rings. The molecule has 0 saturated carbocycles. The van der Waals surface area contributed by atoms with Crippen molar-refractivity contribution in [2.75, 3.05) is 39.2 Å². The highest BCUT2D eigenvalue weighted by Gasteiger charge is 2.37. The van der Waals surface area contributed by atoms with Crippen LogP contribution >= 0.6 is 11.6 Å². The number of ether oxygens (including phenoxy) is 2. The van der Waals surface area contributed by atoms with Gasteiger partial charge in [-0.25, -0.2) is 24.4 Å². The van der Waals surface area contributed by atoms with Crippen molar-refractivity contribution in [1.82, 2.24) is 35.1 Å². The second-order valence-corrected chi connectivity index (χ2v) is 9.12. The highest BCUT2D eigenvalue weighted by atomic mass is 35.5. The van der Waals surface area contributed by atoms with Crippen LogP contribution in [0.2, 0.25) is 5.02 Å². The SMILES string of the molecule is COCCN1C[C@@H](NC(=O)Nc2c(Cl)c(-c3cnc(OC)nc3)nn2-c2ccccc2)[C@H](c2ccnc(F)c2)O1. The topological polar surface area (TPSA) is 129 Å². The third-order valence-corrected chi connectivity index (χ3v) is 6.47. The molecule has 2 atom stereocenters. The fourth-order valence-corrected chi connectivity index (χ4v) is 4.52. The summed E-state index contributed by atoms with van der Waals surface area (Å²) in [4.78, 5) is 31.2. The number of nitrogens with one attached hydrogen (secondary N) is 2. The summed E-state index contributed by atoms with van der Waals surface area (Å²) in [5, 5.41) is 12.2. The highest BCUT2D eigenvalue weighted by Crippen LogP contribution is 2.35. The Labute approximate surface area is 234 Å². The number of aromatic nitrogens is 5. The lowest BCUT2D eigenvalue weighted by Gasteiger charge is -2.19. The Morgan fingerprint density at radius 1 is 1.18 bits per heavy atom. The Morgan fingerprint density at radius 2 is 1.95 bits per heavy atom. The van der Waals surface area contributed by atoms with Crippen LogP contribution in [0, 0.1) is 5.95 Å². The first-order chi connectivity index (χ1) is 19.5. The van der Waals surface area contributed by atoms with Gasteiger partial charge in [0.2, 0.25) is 5.95 Å². The van der Waals surface area contributed by atoms with Crippen molar-refractivity contribution in [3.05, 3.63) is 77.6 Å². The maximum absolute atomic E-state index is 13.9. The Bertz CT molecular complexity index is 1460. The molecule has 0 bridgehead atoms. The number of hydrogen-bond donors (Lipinski definition) is 2. The minimum Gasteiger partial charge on any atom is -0.467 e. The summed E-state index contributed by atoms with van der Waals surface area (Å²) in [5.74, 6) is -0.411. The number of anilines is 1. The first-order valence-electron chi connectivity index (χ1n) is 12.3. The zero-order chi connectivity index (χ0) is 28.1. The molecule has 40 heavy (non-hydrogen) atoms. The van der Waals surface area contributed by atoms with Gasteiger partial charge in [-0.3, -0.25) is 10.2 Å². The van der Waals surface area contributed by atoms with Crippen molar-refractivity contribution in [3.63, 3.8) is 0 Å². The molecule has 3 aromatic heterocycles. The molecule has 4 heterocycles. The number of urea groups is 1. The van der Waals surface area contributed by atoms with Crippen LogP contribution < -0.4 is 15.4 Å². The third-order valence-electron chi connectivity index (χ3n) is 6.11. The lowest BCUT2D eigenvalue weighted by atomic mass is 10.0. The van der Waals surface area contributed by atoms with E-state index >= 15 is 0 Å². The van der Waals surface area contributed by atoms with Gasteiger partial charge in [-0.1, -0.05) is 29.8 Å². The van der Waals surface area contributed by atoms with Gasteiger partial charge in [-0.2, -0.15) is 14.6 Å². The normalized spacial score (nSPS) is 17.1. The van der Waals surface area contributed by atoms with Crippen LogP contribution in [-0.2, 0) is 9.57 Å². The number of hydrogen-bond acceptors (Lipinski definition) is 9. The second kappa shape index (κ2) is 12.3. The van der Waals surface area contributed by atoms with Crippen LogP contribution in [0.4, 0.5) is 15.0 Å². The fourth-order valence-electron chi connectivity index (χ4n) is 4.24. The zero-order valence-corrected chi connectivity index (χ0v) is 22.4. The molecule has 0 unspecified atom stereocenters. The van der Waals surface area contributed by atoms with E-state index in [4.69, 9.17) is 25.9 Å². The molecular weight excluding hydrogens is 543 g/mol. The van der Waals surface area contributed by atoms with E-state index in [1.54, 1.807) is 18.2 Å². The maximum Gasteiger partial charge on any atom is 0.320 e. The number of methoxy groups -OCH3 is 2. The lowest BCUT2D eigenvalue weighted by Crippen LogP contribution is -2.42. The monoisotopic (exact) mass is 568 g/mol. The van der Waals surface area contributed by atoms with Gasteiger partial charge in [0.15, 0.2) is 5.82 Å². The van der Waals surface area contributed by atoms with E-state index in [0.717, 1.165) is 0 Å². The van der Waals surface area contributed by atoms with Crippen LogP contribution in [0.25, 0.3) is 16.9 Å². The third kappa shape index (κ3) is 6.02. The molecule has 0 aliphatic carbocycles. The first kappa shape index (κ1) is 27.4. The Hall–Kier alpha value is -4.17. The number of para-hydroxylation sites is 1. The van der Waals surface area contributed by atoms with Crippen molar-refractivity contribution >= 4 is 23.4 Å². The predicted molar refractivity (Wildman–Crippen MR) is 144 cm³/mol. The van der Waals surface area contributed by atoms with Gasteiger partial charge < -0.3 is 14.8 Å². The van der Waals surface area contributed by atoms with E-state index in [1.807, 2.05) is 30.3 Å². The number of carbonyl (C=O) groups is 1. The van der Waals surface area contributed by atoms with E-state index in [2.05, 4.69) is 30.7 Å². The number of halogens is 2. The van der Waals surface area contributed by atoms with E-state index in [0.29, 0.717) is 42.2 Å². The molecule has 1 aliphatic rings. The lowest BCUT2D eigenvalue weighted by molar-refractivity contribution is -0.154. The minimum atomic E-state index is -0.651. The molecule has 2 amide bonds. The molecule has 0 spiro atoms. The van der Waals surface area contributed by atoms with Crippen LogP contribution in [0.5, 0.6) is 6.01 Å². The van der Waals surface area contributed by atoms with Crippen LogP contribution in [0.1, 0.15) is 11.7 Å². The molecule has 5 rings (SSSR count). The van der Waals surface area contributed by atoms with Crippen LogP contribution in [0.3, 0.4) is 0 Å². The van der Waals surface area contributed by atoms with Gasteiger partial charge in [0.05, 0.1) is 25.4 Å². The van der Waals surface area contributed by atoms with Gasteiger partial charge in [-0.15, -0.1) is 0 Å². The molecule has 1 aromatic carbocycles. The molecular formula is C26H26ClFN8O4. The van der Waals surface area contributed by atoms with E-state index < -0.39 is 24.1 Å². The number of pyridine rings is 1. The van der Waals surface area contributed by atoms with Gasteiger partial charge in [0.25, 0.3) is 0 Å². The average molecular weight is 569 g/mol. The van der Waals surface area contributed by atoms with Crippen molar-refractivity contribution in [2.24, 2.45) is 0 Å². The summed E-state index contributed by atoms with van der Waals surface area (Å²) in [5.41, 5.74) is 2.09. The smallest absolute Gasteiger partial charge is 0.320 e. The summed E-state index contributed by atoms with van der Waals surface area (Å²) in [7, 11) is 3.05. The Morgan fingerprint density at radius 3 is 2.65 bits per heavy atom. The van der Waals surface area contributed by atoms with Crippen molar-refractivity contribution in [2.45, 2.75) is 12.1 Å². The molecule has 208 valence electrons. The fraction of sp³-hybridized carbons (Fsp3) is 0.269. The van der Waals surface area contributed by atoms with E-state index in [1.165, 1.54) is 36.4 Å². The summed E-state index contributed by atoms with van der Waals surface area (Å²) in [6.07, 6.45) is 3.76. The number of benzene rings is 1. The standard InChI is InChI=1S/C26H26ClFN8O4/c1-38-11-10-35-15-19(23(40-35)16-8-9-29-20(28)12-16)32-25(37)33-24-21(27)22(17-13-30-26(39-2)31-14-17)34-36(24)18-6-4-3-5-7-18/h3-9,12-14,19,23H,10-11,15H2,1-2H3,(H2,32,33,37)/t19-,23+/m1/s1. The Kier molecular flexibility index (Phi) is 8.45. The zero-order valence-electron chi connectivity index (χ0n) is 21.6. The molecule has 1 saturated heterocycles. The molecule has 1 fully saturated rings. The van der Waals surface area contributed by atoms with Gasteiger partial charge >= 0.3 is 12.0 Å². The van der Waals surface area contributed by atoms with Gasteiger partial charge in [0, 0.05) is 44.4 Å². The summed E-state index contributed by atoms with van der Waals surface area (Å²) < 4.78 is 25.6. The number of nitrogens with zero attached hydrogens (tertiary/aromatic N) is 6. The summed E-state index contributed by atoms with van der Waals surface area (Å²) >= 11 is 6.76. The summed E-state index contributed by atoms with van der Waals surface area (Å²) in [6.45, 7) is 1.21. The summed E-state index contributed by atoms with van der Waals surface area (Å²) in [6, 6.07) is 11.2. The van der Waals surface area contributed by atoms with Gasteiger partial charge in [-0.05, 0) is 29.8 Å². The van der Waals surface area contributed by atoms with E-state index in [9.17, 15) is 9.18 Å². The minimum absolute atomic E-state index is 0.185.